The number of rotatable bonds is 5. The van der Waals surface area contributed by atoms with Gasteiger partial charge in [-0.3, -0.25) is 0 Å². The van der Waals surface area contributed by atoms with E-state index in [1.165, 1.54) is 12.5 Å². The molecule has 19 heavy (non-hydrogen) atoms. The van der Waals surface area contributed by atoms with E-state index >= 15 is 0 Å². The van der Waals surface area contributed by atoms with Gasteiger partial charge in [0.2, 0.25) is 0 Å². The van der Waals surface area contributed by atoms with Crippen molar-refractivity contribution in [1.82, 2.24) is 9.71 Å². The Kier molecular flexibility index (Phi) is 3.98. The topological polar surface area (TPSA) is 106 Å². The second-order valence-corrected chi connectivity index (χ2v) is 4.08. The molecule has 0 aromatic rings. The van der Waals surface area contributed by atoms with Gasteiger partial charge in [0.15, 0.2) is 0 Å². The molecule has 7 nitrogen and oxygen atoms in total. The monoisotopic (exact) mass is 264 g/mol. The van der Waals surface area contributed by atoms with Crippen LogP contribution in [0.3, 0.4) is 0 Å². The van der Waals surface area contributed by atoms with Gasteiger partial charge in [-0.15, -0.1) is 0 Å². The highest BCUT2D eigenvalue weighted by Crippen LogP contribution is 2.26. The molecule has 0 aromatic heterocycles. The molecule has 0 unspecified atom stereocenters. The first-order valence-electron chi connectivity index (χ1n) is 5.89. The van der Waals surface area contributed by atoms with E-state index in [0.29, 0.717) is 24.3 Å². The number of hydrogen-bond acceptors (Lipinski definition) is 6. The van der Waals surface area contributed by atoms with Crippen molar-refractivity contribution in [2.45, 2.75) is 0 Å². The van der Waals surface area contributed by atoms with Crippen LogP contribution in [0.4, 0.5) is 5.69 Å². The molecule has 0 amide bonds. The zero-order chi connectivity index (χ0) is 13.8. The third-order valence-electron chi connectivity index (χ3n) is 2.84. The Hall–Kier alpha value is -2.12. The summed E-state index contributed by atoms with van der Waals surface area (Å²) in [4.78, 5) is 5.90. The lowest BCUT2D eigenvalue weighted by Gasteiger charge is -2.25. The molecule has 7 heteroatoms. The third kappa shape index (κ3) is 2.67. The number of aromatic nitrogens is 2. The molecule has 0 bridgehead atoms. The first-order valence-corrected chi connectivity index (χ1v) is 5.89. The Morgan fingerprint density at radius 3 is 2.53 bits per heavy atom. The average molecular weight is 264 g/mol. The third-order valence-corrected chi connectivity index (χ3v) is 2.84. The maximum atomic E-state index is 9.37. The maximum absolute atomic E-state index is 9.37. The molecule has 2 aliphatic rings. The molecule has 0 saturated carbocycles. The zero-order valence-electron chi connectivity index (χ0n) is 10.3. The first kappa shape index (κ1) is 13.3. The van der Waals surface area contributed by atoms with Crippen LogP contribution < -0.4 is 10.3 Å². The van der Waals surface area contributed by atoms with Gasteiger partial charge < -0.3 is 25.7 Å². The summed E-state index contributed by atoms with van der Waals surface area (Å²) in [5, 5.41) is 35.6. The molecule has 102 valence electrons. The highest BCUT2D eigenvalue weighted by Gasteiger charge is 2.16. The van der Waals surface area contributed by atoms with Crippen molar-refractivity contribution in [2.24, 2.45) is 0 Å². The molecule has 0 radical (unpaired) electrons. The van der Waals surface area contributed by atoms with Crippen molar-refractivity contribution in [3.05, 3.63) is 30.0 Å². The van der Waals surface area contributed by atoms with Gasteiger partial charge in [0.25, 0.3) is 0 Å². The van der Waals surface area contributed by atoms with Crippen LogP contribution >= 0.6 is 0 Å². The average Bonchev–Trinajstić information content (AvgIpc) is 2.40. The number of aliphatic hydroxyl groups is 2. The van der Waals surface area contributed by atoms with Gasteiger partial charge in [-0.2, -0.15) is 4.73 Å². The summed E-state index contributed by atoms with van der Waals surface area (Å²) in [6.07, 6.45) is 2.64. The molecular weight excluding hydrogens is 248 g/mol. The molecule has 1 aliphatic carbocycles. The van der Waals surface area contributed by atoms with Crippen LogP contribution in [0.5, 0.6) is 0 Å². The largest absolute Gasteiger partial charge is 0.428 e. The van der Waals surface area contributed by atoms with E-state index < -0.39 is 0 Å². The quantitative estimate of drug-likeness (QED) is 0.545. The summed E-state index contributed by atoms with van der Waals surface area (Å²) in [6.45, 7) is 0.638. The Morgan fingerprint density at radius 2 is 1.89 bits per heavy atom. The van der Waals surface area contributed by atoms with Crippen molar-refractivity contribution in [3.63, 3.8) is 0 Å². The number of benzene rings is 1. The van der Waals surface area contributed by atoms with E-state index in [1.54, 1.807) is 17.0 Å². The lowest BCUT2D eigenvalue weighted by Crippen LogP contribution is -2.31. The van der Waals surface area contributed by atoms with Gasteiger partial charge >= 0.3 is 0 Å². The standard InChI is InChI=1S/C12H16N4O3/c13-10-1-2-11(15(3-5-17)4-6-18)12-9(10)7-16(19)8-14-12/h1-2,7-8,13,17-19H,3-6H2. The second-order valence-electron chi connectivity index (χ2n) is 4.08. The summed E-state index contributed by atoms with van der Waals surface area (Å²) in [6, 6.07) is 3.33. The summed E-state index contributed by atoms with van der Waals surface area (Å²) in [7, 11) is 0. The Morgan fingerprint density at radius 1 is 1.21 bits per heavy atom. The Labute approximate surface area is 109 Å². The Bertz CT molecular complexity index is 578. The highest BCUT2D eigenvalue weighted by molar-refractivity contribution is 5.75. The van der Waals surface area contributed by atoms with Gasteiger partial charge in [0, 0.05) is 18.7 Å². The smallest absolute Gasteiger partial charge is 0.132 e. The van der Waals surface area contributed by atoms with Crippen LogP contribution in [-0.4, -0.2) is 51.4 Å². The molecule has 4 N–H and O–H groups in total. The fraction of sp³-hybridized carbons (Fsp3) is 0.333. The predicted octanol–water partition coefficient (Wildman–Crippen LogP) is -0.504. The van der Waals surface area contributed by atoms with Crippen molar-refractivity contribution in [3.8, 4) is 11.3 Å². The molecular formula is C12H16N4O3. The van der Waals surface area contributed by atoms with Gasteiger partial charge in [0.1, 0.15) is 6.33 Å². The van der Waals surface area contributed by atoms with Gasteiger partial charge in [-0.25, -0.2) is 4.98 Å². The van der Waals surface area contributed by atoms with Gasteiger partial charge in [-0.05, 0) is 12.1 Å². The number of nitrogens with one attached hydrogen (secondary N) is 1. The number of anilines is 1. The minimum atomic E-state index is -0.0447. The SMILES string of the molecule is N=c1ccc(N(CCO)CCO)c2ncn(O)cc1-2. The number of hydrogen-bond donors (Lipinski definition) is 4. The number of fused-ring (bicyclic) bond motifs is 1. The second kappa shape index (κ2) is 5.68. The van der Waals surface area contributed by atoms with Gasteiger partial charge in [-0.1, -0.05) is 0 Å². The fourth-order valence-corrected chi connectivity index (χ4v) is 1.99. The molecule has 1 heterocycles. The van der Waals surface area contributed by atoms with Crippen molar-refractivity contribution in [1.29, 1.82) is 5.41 Å². The van der Waals surface area contributed by atoms with Crippen LogP contribution in [0.25, 0.3) is 11.3 Å². The van der Waals surface area contributed by atoms with E-state index in [-0.39, 0.29) is 18.6 Å². The molecule has 0 saturated heterocycles. The molecule has 0 atom stereocenters. The van der Waals surface area contributed by atoms with Crippen LogP contribution in [0.15, 0.2) is 24.7 Å². The Balaban J connectivity index is 2.54. The predicted molar refractivity (Wildman–Crippen MR) is 68.3 cm³/mol. The van der Waals surface area contributed by atoms with Crippen LogP contribution in [0, 0.1) is 5.41 Å². The minimum absolute atomic E-state index is 0.0447. The van der Waals surface area contributed by atoms with E-state index in [4.69, 9.17) is 15.6 Å². The van der Waals surface area contributed by atoms with E-state index in [0.717, 1.165) is 10.4 Å². The molecule has 0 spiro atoms. The zero-order valence-corrected chi connectivity index (χ0v) is 10.3. The van der Waals surface area contributed by atoms with E-state index in [9.17, 15) is 5.21 Å². The summed E-state index contributed by atoms with van der Waals surface area (Å²) in [5.41, 5.74) is 1.78. The number of nitrogens with zero attached hydrogens (tertiary/aromatic N) is 3. The fourth-order valence-electron chi connectivity index (χ4n) is 1.99. The normalized spacial score (nSPS) is 10.8. The molecule has 1 aliphatic heterocycles. The summed E-state index contributed by atoms with van der Waals surface area (Å²) < 4.78 is 0.798. The summed E-state index contributed by atoms with van der Waals surface area (Å²) in [5.74, 6) is 0. The lowest BCUT2D eigenvalue weighted by atomic mass is 10.1. The van der Waals surface area contributed by atoms with Crippen LogP contribution in [0.2, 0.25) is 0 Å². The van der Waals surface area contributed by atoms with Crippen molar-refractivity contribution >= 4 is 5.69 Å². The van der Waals surface area contributed by atoms with Crippen LogP contribution in [0.1, 0.15) is 0 Å². The molecule has 2 rings (SSSR count). The van der Waals surface area contributed by atoms with E-state index in [1.807, 2.05) is 0 Å². The van der Waals surface area contributed by atoms with Gasteiger partial charge in [0.05, 0.1) is 36.1 Å². The van der Waals surface area contributed by atoms with E-state index in [2.05, 4.69) is 4.98 Å². The molecule has 0 fully saturated rings. The minimum Gasteiger partial charge on any atom is -0.428 e. The van der Waals surface area contributed by atoms with Crippen LogP contribution in [-0.2, 0) is 0 Å². The summed E-state index contributed by atoms with van der Waals surface area (Å²) >= 11 is 0. The number of aliphatic hydroxyl groups excluding tert-OH is 2. The maximum Gasteiger partial charge on any atom is 0.132 e. The highest BCUT2D eigenvalue weighted by atomic mass is 16.5. The molecule has 0 aromatic carbocycles. The van der Waals surface area contributed by atoms with Crippen molar-refractivity contribution < 1.29 is 15.4 Å². The lowest BCUT2D eigenvalue weighted by molar-refractivity contribution is 0.181. The van der Waals surface area contributed by atoms with Crippen molar-refractivity contribution in [2.75, 3.05) is 31.2 Å². The first-order chi connectivity index (χ1) is 9.17.